The van der Waals surface area contributed by atoms with Crippen molar-refractivity contribution in [3.63, 3.8) is 0 Å². The maximum atomic E-state index is 13.6. The summed E-state index contributed by atoms with van der Waals surface area (Å²) in [5, 5.41) is 2.90. The first kappa shape index (κ1) is 26.7. The van der Waals surface area contributed by atoms with Crippen LogP contribution < -0.4 is 14.4 Å². The number of anilines is 1. The maximum Gasteiger partial charge on any atom is 0.264 e. The van der Waals surface area contributed by atoms with Gasteiger partial charge in [-0.1, -0.05) is 48.4 Å². The first-order chi connectivity index (χ1) is 17.8. The second kappa shape index (κ2) is 12.3. The number of piperidine rings is 1. The number of hydrogen-bond acceptors (Lipinski definition) is 5. The number of amides is 1. The molecule has 1 saturated heterocycles. The van der Waals surface area contributed by atoms with Crippen molar-refractivity contribution in [3.05, 3.63) is 89.5 Å². The van der Waals surface area contributed by atoms with E-state index < -0.39 is 10.0 Å². The Labute approximate surface area is 220 Å². The van der Waals surface area contributed by atoms with E-state index in [0.29, 0.717) is 18.0 Å². The van der Waals surface area contributed by atoms with Crippen LogP contribution in [0.2, 0.25) is 0 Å². The third kappa shape index (κ3) is 7.11. The normalized spacial score (nSPS) is 14.2. The molecule has 1 aliphatic heterocycles. The molecule has 4 rings (SSSR count). The summed E-state index contributed by atoms with van der Waals surface area (Å²) in [6.45, 7) is 5.08. The van der Waals surface area contributed by atoms with E-state index in [4.69, 9.17) is 4.74 Å². The van der Waals surface area contributed by atoms with E-state index in [-0.39, 0.29) is 17.3 Å². The number of nitrogens with zero attached hydrogens (tertiary/aromatic N) is 2. The zero-order chi connectivity index (χ0) is 26.3. The van der Waals surface area contributed by atoms with Crippen LogP contribution in [-0.2, 0) is 27.9 Å². The van der Waals surface area contributed by atoms with Gasteiger partial charge in [0.05, 0.1) is 17.7 Å². The molecule has 3 aromatic carbocycles. The van der Waals surface area contributed by atoms with Gasteiger partial charge in [-0.15, -0.1) is 0 Å². The minimum atomic E-state index is -3.98. The molecule has 0 spiro atoms. The second-order valence-electron chi connectivity index (χ2n) is 9.46. The summed E-state index contributed by atoms with van der Waals surface area (Å²) in [4.78, 5) is 15.6. The highest BCUT2D eigenvalue weighted by atomic mass is 32.2. The molecule has 196 valence electrons. The molecule has 0 atom stereocenters. The SMILES string of the molecule is COc1ccc(S(=O)(=O)N(CC(=O)NCc2cccc(CN3CCCCC3)c2)c2ccc(C)cc2)cc1. The van der Waals surface area contributed by atoms with Crippen molar-refractivity contribution in [2.24, 2.45) is 0 Å². The van der Waals surface area contributed by atoms with Crippen molar-refractivity contribution >= 4 is 21.6 Å². The van der Waals surface area contributed by atoms with Gasteiger partial charge in [-0.25, -0.2) is 8.42 Å². The fraction of sp³-hybridized carbons (Fsp3) is 0.345. The average molecular weight is 522 g/mol. The lowest BCUT2D eigenvalue weighted by Gasteiger charge is -2.26. The molecule has 1 amide bonds. The molecule has 1 aliphatic rings. The number of ether oxygens (including phenoxy) is 1. The molecule has 8 heteroatoms. The Morgan fingerprint density at radius 3 is 2.30 bits per heavy atom. The summed E-state index contributed by atoms with van der Waals surface area (Å²) in [6, 6.07) is 21.5. The van der Waals surface area contributed by atoms with Gasteiger partial charge in [0.25, 0.3) is 10.0 Å². The Hall–Kier alpha value is -3.36. The molecule has 1 N–H and O–H groups in total. The Morgan fingerprint density at radius 2 is 1.62 bits per heavy atom. The van der Waals surface area contributed by atoms with E-state index in [1.165, 1.54) is 44.1 Å². The molecule has 1 fully saturated rings. The van der Waals surface area contributed by atoms with Crippen molar-refractivity contribution in [2.75, 3.05) is 31.0 Å². The Bertz CT molecular complexity index is 1290. The summed E-state index contributed by atoms with van der Waals surface area (Å²) in [7, 11) is -2.46. The van der Waals surface area contributed by atoms with Gasteiger partial charge in [-0.2, -0.15) is 0 Å². The van der Waals surface area contributed by atoms with Crippen molar-refractivity contribution in [3.8, 4) is 5.75 Å². The lowest BCUT2D eigenvalue weighted by Crippen LogP contribution is -2.40. The minimum Gasteiger partial charge on any atom is -0.497 e. The van der Waals surface area contributed by atoms with Crippen LogP contribution in [0.5, 0.6) is 5.75 Å². The lowest BCUT2D eigenvalue weighted by molar-refractivity contribution is -0.119. The van der Waals surface area contributed by atoms with Gasteiger partial charge in [0.1, 0.15) is 12.3 Å². The molecular weight excluding hydrogens is 486 g/mol. The van der Waals surface area contributed by atoms with Gasteiger partial charge in [0.15, 0.2) is 0 Å². The molecule has 37 heavy (non-hydrogen) atoms. The Morgan fingerprint density at radius 1 is 0.946 bits per heavy atom. The van der Waals surface area contributed by atoms with Crippen LogP contribution in [-0.4, -0.2) is 46.0 Å². The molecule has 0 radical (unpaired) electrons. The van der Waals surface area contributed by atoms with Gasteiger partial charge < -0.3 is 10.1 Å². The highest BCUT2D eigenvalue weighted by molar-refractivity contribution is 7.92. The predicted molar refractivity (Wildman–Crippen MR) is 146 cm³/mol. The molecule has 0 saturated carbocycles. The van der Waals surface area contributed by atoms with Crippen LogP contribution in [0.15, 0.2) is 77.7 Å². The maximum absolute atomic E-state index is 13.6. The van der Waals surface area contributed by atoms with E-state index in [1.54, 1.807) is 24.3 Å². The third-order valence-corrected chi connectivity index (χ3v) is 8.38. The second-order valence-corrected chi connectivity index (χ2v) is 11.3. The number of benzene rings is 3. The number of hydrogen-bond donors (Lipinski definition) is 1. The van der Waals surface area contributed by atoms with Crippen LogP contribution in [0, 0.1) is 6.92 Å². The van der Waals surface area contributed by atoms with Crippen LogP contribution >= 0.6 is 0 Å². The number of likely N-dealkylation sites (tertiary alicyclic amines) is 1. The number of aryl methyl sites for hydroxylation is 1. The standard InChI is InChI=1S/C29H35N3O4S/c1-23-9-11-26(12-10-23)32(37(34,35)28-15-13-27(36-2)14-16-28)22-29(33)30-20-24-7-6-8-25(19-24)21-31-17-4-3-5-18-31/h6-16,19H,3-5,17-18,20-22H2,1-2H3,(H,30,33). The summed E-state index contributed by atoms with van der Waals surface area (Å²) in [6.07, 6.45) is 3.79. The smallest absolute Gasteiger partial charge is 0.264 e. The fourth-order valence-corrected chi connectivity index (χ4v) is 5.92. The monoisotopic (exact) mass is 521 g/mol. The number of carbonyl (C=O) groups is 1. The quantitative estimate of drug-likeness (QED) is 0.425. The Kier molecular flexibility index (Phi) is 8.84. The molecule has 7 nitrogen and oxygen atoms in total. The van der Waals surface area contributed by atoms with E-state index >= 15 is 0 Å². The van der Waals surface area contributed by atoms with Crippen molar-refractivity contribution in [1.29, 1.82) is 0 Å². The highest BCUT2D eigenvalue weighted by Crippen LogP contribution is 2.25. The highest BCUT2D eigenvalue weighted by Gasteiger charge is 2.27. The molecule has 0 aromatic heterocycles. The van der Waals surface area contributed by atoms with Crippen LogP contribution in [0.3, 0.4) is 0 Å². The molecule has 1 heterocycles. The summed E-state index contributed by atoms with van der Waals surface area (Å²) >= 11 is 0. The zero-order valence-corrected chi connectivity index (χ0v) is 22.3. The molecular formula is C29H35N3O4S. The number of nitrogens with one attached hydrogen (secondary N) is 1. The van der Waals surface area contributed by atoms with E-state index in [9.17, 15) is 13.2 Å². The molecule has 3 aromatic rings. The van der Waals surface area contributed by atoms with Crippen LogP contribution in [0.4, 0.5) is 5.69 Å². The first-order valence-corrected chi connectivity index (χ1v) is 14.1. The minimum absolute atomic E-state index is 0.0899. The molecule has 0 bridgehead atoms. The lowest BCUT2D eigenvalue weighted by atomic mass is 10.1. The number of sulfonamides is 1. The van der Waals surface area contributed by atoms with Gasteiger partial charge in [0, 0.05) is 13.1 Å². The number of carbonyl (C=O) groups excluding carboxylic acids is 1. The van der Waals surface area contributed by atoms with E-state index in [2.05, 4.69) is 22.3 Å². The van der Waals surface area contributed by atoms with Gasteiger partial charge in [-0.3, -0.25) is 14.0 Å². The fourth-order valence-electron chi connectivity index (χ4n) is 4.50. The largest absolute Gasteiger partial charge is 0.497 e. The summed E-state index contributed by atoms with van der Waals surface area (Å²) in [5.41, 5.74) is 3.64. The van der Waals surface area contributed by atoms with Crippen molar-refractivity contribution in [2.45, 2.75) is 44.2 Å². The third-order valence-electron chi connectivity index (χ3n) is 6.59. The van der Waals surface area contributed by atoms with Crippen LogP contribution in [0.1, 0.15) is 36.0 Å². The number of rotatable bonds is 10. The van der Waals surface area contributed by atoms with Crippen LogP contribution in [0.25, 0.3) is 0 Å². The zero-order valence-electron chi connectivity index (χ0n) is 21.5. The van der Waals surface area contributed by atoms with Gasteiger partial charge in [-0.05, 0) is 80.4 Å². The van der Waals surface area contributed by atoms with Gasteiger partial charge >= 0.3 is 0 Å². The number of methoxy groups -OCH3 is 1. The topological polar surface area (TPSA) is 79.0 Å². The Balaban J connectivity index is 1.46. The average Bonchev–Trinajstić information content (AvgIpc) is 2.92. The molecule has 0 unspecified atom stereocenters. The predicted octanol–water partition coefficient (Wildman–Crippen LogP) is 4.50. The van der Waals surface area contributed by atoms with Crippen molar-refractivity contribution in [1.82, 2.24) is 10.2 Å². The molecule has 0 aliphatic carbocycles. The van der Waals surface area contributed by atoms with Gasteiger partial charge in [0.2, 0.25) is 5.91 Å². The summed E-state index contributed by atoms with van der Waals surface area (Å²) in [5.74, 6) is 0.181. The summed E-state index contributed by atoms with van der Waals surface area (Å²) < 4.78 is 33.4. The van der Waals surface area contributed by atoms with Crippen molar-refractivity contribution < 1.29 is 17.9 Å². The van der Waals surface area contributed by atoms with E-state index in [0.717, 1.165) is 35.1 Å². The van der Waals surface area contributed by atoms with E-state index in [1.807, 2.05) is 31.2 Å². The first-order valence-electron chi connectivity index (χ1n) is 12.7.